The molecule has 1 aliphatic carbocycles. The van der Waals surface area contributed by atoms with Gasteiger partial charge in [-0.05, 0) is 39.0 Å². The second kappa shape index (κ2) is 6.37. The smallest absolute Gasteiger partial charge is 0.227 e. The van der Waals surface area contributed by atoms with E-state index in [9.17, 15) is 9.59 Å². The Morgan fingerprint density at radius 3 is 2.42 bits per heavy atom. The second-order valence-corrected chi connectivity index (χ2v) is 6.45. The van der Waals surface area contributed by atoms with Crippen molar-refractivity contribution in [3.8, 4) is 0 Å². The van der Waals surface area contributed by atoms with E-state index in [1.165, 1.54) is 0 Å². The number of amides is 2. The Bertz CT molecular complexity index is 332. The zero-order chi connectivity index (χ0) is 14.6. The molecule has 3 atom stereocenters. The van der Waals surface area contributed by atoms with Crippen molar-refractivity contribution in [1.29, 1.82) is 0 Å². The molecular weight excluding hydrogens is 242 g/mol. The molecule has 1 rings (SSSR count). The van der Waals surface area contributed by atoms with Crippen LogP contribution in [0.5, 0.6) is 0 Å². The van der Waals surface area contributed by atoms with Crippen molar-refractivity contribution >= 4 is 11.8 Å². The van der Waals surface area contributed by atoms with Crippen LogP contribution >= 0.6 is 0 Å². The van der Waals surface area contributed by atoms with E-state index in [1.807, 2.05) is 13.8 Å². The summed E-state index contributed by atoms with van der Waals surface area (Å²) in [5.41, 5.74) is 5.37. The number of carbonyl (C=O) groups is 2. The van der Waals surface area contributed by atoms with Crippen molar-refractivity contribution in [2.75, 3.05) is 13.6 Å². The number of hydrogen-bond donors (Lipinski definition) is 3. The second-order valence-electron chi connectivity index (χ2n) is 6.45. The number of rotatable bonds is 4. The standard InChI is InChI=1S/C14H27N3O2/c1-9-5-10(7-11(15)6-9)12(18)17-8-14(2,3)13(19)16-4/h9-11H,5-8,15H2,1-4H3,(H,16,19)(H,17,18). The molecule has 0 aromatic carbocycles. The third kappa shape index (κ3) is 4.49. The molecule has 0 aromatic heterocycles. The molecule has 1 aliphatic rings. The third-order valence-corrected chi connectivity index (χ3v) is 3.90. The van der Waals surface area contributed by atoms with Gasteiger partial charge in [0.2, 0.25) is 11.8 Å². The highest BCUT2D eigenvalue weighted by Crippen LogP contribution is 2.28. The first-order chi connectivity index (χ1) is 8.76. The molecule has 0 bridgehead atoms. The Balaban J connectivity index is 2.49. The maximum Gasteiger partial charge on any atom is 0.227 e. The molecule has 0 aliphatic heterocycles. The average Bonchev–Trinajstić information content (AvgIpc) is 2.33. The highest BCUT2D eigenvalue weighted by molar-refractivity contribution is 5.83. The molecule has 0 saturated heterocycles. The van der Waals surface area contributed by atoms with Gasteiger partial charge in [0.25, 0.3) is 0 Å². The molecule has 1 saturated carbocycles. The van der Waals surface area contributed by atoms with E-state index in [-0.39, 0.29) is 23.8 Å². The van der Waals surface area contributed by atoms with Crippen molar-refractivity contribution in [3.63, 3.8) is 0 Å². The first-order valence-electron chi connectivity index (χ1n) is 7.01. The topological polar surface area (TPSA) is 84.2 Å². The van der Waals surface area contributed by atoms with Gasteiger partial charge in [0.05, 0.1) is 5.41 Å². The summed E-state index contributed by atoms with van der Waals surface area (Å²) in [5.74, 6) is 0.436. The van der Waals surface area contributed by atoms with E-state index in [1.54, 1.807) is 7.05 Å². The predicted molar refractivity (Wildman–Crippen MR) is 75.3 cm³/mol. The first kappa shape index (κ1) is 16.0. The molecule has 0 spiro atoms. The van der Waals surface area contributed by atoms with E-state index in [2.05, 4.69) is 17.6 Å². The van der Waals surface area contributed by atoms with Crippen LogP contribution in [0.1, 0.15) is 40.0 Å². The predicted octanol–water partition coefficient (Wildman–Crippen LogP) is 0.638. The van der Waals surface area contributed by atoms with Gasteiger partial charge in [-0.1, -0.05) is 6.92 Å². The normalized spacial score (nSPS) is 27.7. The fraction of sp³-hybridized carbons (Fsp3) is 0.857. The maximum atomic E-state index is 12.1. The van der Waals surface area contributed by atoms with E-state index in [0.717, 1.165) is 19.3 Å². The fourth-order valence-corrected chi connectivity index (χ4v) is 2.74. The number of nitrogens with one attached hydrogen (secondary N) is 2. The molecular formula is C14H27N3O2. The Morgan fingerprint density at radius 2 is 1.89 bits per heavy atom. The Morgan fingerprint density at radius 1 is 1.26 bits per heavy atom. The molecule has 19 heavy (non-hydrogen) atoms. The zero-order valence-electron chi connectivity index (χ0n) is 12.5. The molecule has 0 heterocycles. The van der Waals surface area contributed by atoms with Crippen LogP contribution in [-0.2, 0) is 9.59 Å². The van der Waals surface area contributed by atoms with Crippen LogP contribution in [0, 0.1) is 17.3 Å². The molecule has 0 radical (unpaired) electrons. The van der Waals surface area contributed by atoms with E-state index in [0.29, 0.717) is 12.5 Å². The minimum atomic E-state index is -0.590. The van der Waals surface area contributed by atoms with Crippen LogP contribution in [-0.4, -0.2) is 31.4 Å². The van der Waals surface area contributed by atoms with Gasteiger partial charge in [-0.3, -0.25) is 9.59 Å². The lowest BCUT2D eigenvalue weighted by Gasteiger charge is -2.31. The molecule has 2 amide bonds. The van der Waals surface area contributed by atoms with Gasteiger partial charge in [0.1, 0.15) is 0 Å². The van der Waals surface area contributed by atoms with Crippen molar-refractivity contribution in [2.24, 2.45) is 23.0 Å². The Hall–Kier alpha value is -1.10. The zero-order valence-corrected chi connectivity index (χ0v) is 12.5. The highest BCUT2D eigenvalue weighted by Gasteiger charge is 2.32. The summed E-state index contributed by atoms with van der Waals surface area (Å²) in [5, 5.41) is 5.51. The van der Waals surface area contributed by atoms with Gasteiger partial charge in [-0.2, -0.15) is 0 Å². The number of nitrogens with two attached hydrogens (primary N) is 1. The quantitative estimate of drug-likeness (QED) is 0.700. The van der Waals surface area contributed by atoms with Crippen LogP contribution in [0.4, 0.5) is 0 Å². The number of carbonyl (C=O) groups excluding carboxylic acids is 2. The van der Waals surface area contributed by atoms with Gasteiger partial charge in [-0.15, -0.1) is 0 Å². The SMILES string of the molecule is CNC(=O)C(C)(C)CNC(=O)C1CC(C)CC(N)C1. The summed E-state index contributed by atoms with van der Waals surface area (Å²) >= 11 is 0. The Kier molecular flexibility index (Phi) is 5.35. The van der Waals surface area contributed by atoms with Gasteiger partial charge >= 0.3 is 0 Å². The molecule has 110 valence electrons. The van der Waals surface area contributed by atoms with Crippen molar-refractivity contribution in [3.05, 3.63) is 0 Å². The summed E-state index contributed by atoms with van der Waals surface area (Å²) in [4.78, 5) is 23.8. The van der Waals surface area contributed by atoms with Crippen molar-refractivity contribution in [1.82, 2.24) is 10.6 Å². The van der Waals surface area contributed by atoms with E-state index in [4.69, 9.17) is 5.73 Å². The third-order valence-electron chi connectivity index (χ3n) is 3.90. The summed E-state index contributed by atoms with van der Waals surface area (Å²) in [6.45, 7) is 6.13. The summed E-state index contributed by atoms with van der Waals surface area (Å²) < 4.78 is 0. The van der Waals surface area contributed by atoms with Crippen LogP contribution in [0.3, 0.4) is 0 Å². The summed E-state index contributed by atoms with van der Waals surface area (Å²) in [6, 6.07) is 0.117. The van der Waals surface area contributed by atoms with Gasteiger partial charge in [0, 0.05) is 25.6 Å². The van der Waals surface area contributed by atoms with Gasteiger partial charge < -0.3 is 16.4 Å². The lowest BCUT2D eigenvalue weighted by atomic mass is 9.79. The van der Waals surface area contributed by atoms with E-state index < -0.39 is 5.41 Å². The average molecular weight is 269 g/mol. The first-order valence-corrected chi connectivity index (χ1v) is 7.01. The minimum Gasteiger partial charge on any atom is -0.359 e. The molecule has 3 unspecified atom stereocenters. The molecule has 4 N–H and O–H groups in total. The highest BCUT2D eigenvalue weighted by atomic mass is 16.2. The summed E-state index contributed by atoms with van der Waals surface area (Å²) in [6.07, 6.45) is 2.63. The lowest BCUT2D eigenvalue weighted by Crippen LogP contribution is -2.46. The summed E-state index contributed by atoms with van der Waals surface area (Å²) in [7, 11) is 1.60. The molecule has 5 heteroatoms. The van der Waals surface area contributed by atoms with Gasteiger partial charge in [0.15, 0.2) is 0 Å². The van der Waals surface area contributed by atoms with Crippen LogP contribution in [0.2, 0.25) is 0 Å². The number of hydrogen-bond acceptors (Lipinski definition) is 3. The minimum absolute atomic E-state index is 0.0146. The maximum absolute atomic E-state index is 12.1. The van der Waals surface area contributed by atoms with Crippen LogP contribution in [0.25, 0.3) is 0 Å². The van der Waals surface area contributed by atoms with Crippen LogP contribution in [0.15, 0.2) is 0 Å². The van der Waals surface area contributed by atoms with Crippen molar-refractivity contribution < 1.29 is 9.59 Å². The van der Waals surface area contributed by atoms with E-state index >= 15 is 0 Å². The Labute approximate surface area is 115 Å². The molecule has 5 nitrogen and oxygen atoms in total. The molecule has 0 aromatic rings. The van der Waals surface area contributed by atoms with Gasteiger partial charge in [-0.25, -0.2) is 0 Å². The largest absolute Gasteiger partial charge is 0.359 e. The van der Waals surface area contributed by atoms with Crippen LogP contribution < -0.4 is 16.4 Å². The lowest BCUT2D eigenvalue weighted by molar-refractivity contribution is -0.130. The molecule has 1 fully saturated rings. The van der Waals surface area contributed by atoms with Crippen molar-refractivity contribution in [2.45, 2.75) is 46.1 Å². The monoisotopic (exact) mass is 269 g/mol. The fourth-order valence-electron chi connectivity index (χ4n) is 2.74.